The molecule has 1 fully saturated rings. The monoisotopic (exact) mass is 266 g/mol. The number of ether oxygens (including phenoxy) is 1. The Labute approximate surface area is 111 Å². The minimum Gasteiger partial charge on any atom is -0.478 e. The molecule has 1 aliphatic heterocycles. The van der Waals surface area contributed by atoms with Gasteiger partial charge in [-0.1, -0.05) is 0 Å². The lowest BCUT2D eigenvalue weighted by Crippen LogP contribution is -2.47. The number of aromatic nitrogens is 1. The first kappa shape index (κ1) is 13.9. The van der Waals surface area contributed by atoms with Crippen molar-refractivity contribution >= 4 is 5.97 Å². The van der Waals surface area contributed by atoms with Crippen LogP contribution < -0.4 is 0 Å². The number of pyridine rings is 1. The van der Waals surface area contributed by atoms with E-state index >= 15 is 0 Å². The maximum absolute atomic E-state index is 11.1. The largest absolute Gasteiger partial charge is 0.478 e. The van der Waals surface area contributed by atoms with Gasteiger partial charge in [-0.3, -0.25) is 9.88 Å². The van der Waals surface area contributed by atoms with Gasteiger partial charge in [-0.05, 0) is 19.1 Å². The van der Waals surface area contributed by atoms with E-state index in [2.05, 4.69) is 9.88 Å². The van der Waals surface area contributed by atoms with Crippen LogP contribution in [0.4, 0.5) is 0 Å². The lowest BCUT2D eigenvalue weighted by molar-refractivity contribution is -0.0975. The summed E-state index contributed by atoms with van der Waals surface area (Å²) in [6, 6.07) is 3.17. The van der Waals surface area contributed by atoms with E-state index in [1.165, 1.54) is 0 Å². The first-order chi connectivity index (χ1) is 9.10. The molecular weight excluding hydrogens is 248 g/mol. The average molecular weight is 266 g/mol. The molecule has 6 heteroatoms. The van der Waals surface area contributed by atoms with Gasteiger partial charge in [-0.2, -0.15) is 0 Å². The van der Waals surface area contributed by atoms with E-state index in [1.54, 1.807) is 18.3 Å². The Morgan fingerprint density at radius 3 is 3.05 bits per heavy atom. The van der Waals surface area contributed by atoms with Gasteiger partial charge in [0.1, 0.15) is 0 Å². The Kier molecular flexibility index (Phi) is 4.47. The second-order valence-corrected chi connectivity index (χ2v) is 4.75. The zero-order valence-corrected chi connectivity index (χ0v) is 10.8. The summed E-state index contributed by atoms with van der Waals surface area (Å²) in [4.78, 5) is 17.3. The van der Waals surface area contributed by atoms with Crippen LogP contribution in [0.3, 0.4) is 0 Å². The predicted octanol–water partition coefficient (Wildman–Crippen LogP) is 0.361. The number of carbonyl (C=O) groups is 1. The molecule has 2 atom stereocenters. The van der Waals surface area contributed by atoms with E-state index in [-0.39, 0.29) is 24.4 Å². The molecule has 1 aliphatic rings. The Hall–Kier alpha value is -1.50. The molecule has 1 saturated heterocycles. The van der Waals surface area contributed by atoms with Crippen molar-refractivity contribution in [2.24, 2.45) is 0 Å². The summed E-state index contributed by atoms with van der Waals surface area (Å²) in [6.07, 6.45) is 1.39. The van der Waals surface area contributed by atoms with Crippen molar-refractivity contribution in [1.82, 2.24) is 9.88 Å². The molecule has 104 valence electrons. The van der Waals surface area contributed by atoms with Gasteiger partial charge in [-0.15, -0.1) is 0 Å². The van der Waals surface area contributed by atoms with Gasteiger partial charge in [0.05, 0.1) is 30.1 Å². The summed E-state index contributed by atoms with van der Waals surface area (Å²) in [5.41, 5.74) is 0.767. The number of carboxylic acid groups (broad SMARTS) is 1. The third-order valence-electron chi connectivity index (χ3n) is 3.10. The number of aliphatic hydroxyl groups is 1. The molecule has 2 heterocycles. The number of aromatic carboxylic acids is 1. The van der Waals surface area contributed by atoms with Gasteiger partial charge in [0, 0.05) is 25.8 Å². The quantitative estimate of drug-likeness (QED) is 0.819. The van der Waals surface area contributed by atoms with Crippen LogP contribution in [0.2, 0.25) is 0 Å². The molecule has 6 nitrogen and oxygen atoms in total. The molecule has 1 aromatic rings. The molecule has 2 unspecified atom stereocenters. The molecule has 0 saturated carbocycles. The van der Waals surface area contributed by atoms with Crippen LogP contribution in [0.25, 0.3) is 0 Å². The van der Waals surface area contributed by atoms with Crippen LogP contribution in [0.5, 0.6) is 0 Å². The summed E-state index contributed by atoms with van der Waals surface area (Å²) in [7, 11) is 0. The maximum atomic E-state index is 11.1. The molecule has 0 aliphatic carbocycles. The molecule has 19 heavy (non-hydrogen) atoms. The smallest absolute Gasteiger partial charge is 0.337 e. The molecule has 0 radical (unpaired) electrons. The number of nitrogens with zero attached hydrogens (tertiary/aromatic N) is 2. The topological polar surface area (TPSA) is 82.9 Å². The minimum absolute atomic E-state index is 0.0166. The number of hydrogen-bond donors (Lipinski definition) is 2. The van der Waals surface area contributed by atoms with Gasteiger partial charge in [0.2, 0.25) is 0 Å². The number of hydrogen-bond acceptors (Lipinski definition) is 5. The number of aliphatic hydroxyl groups excluding tert-OH is 1. The standard InChI is InChI=1S/C13H18N2O4/c1-9-5-15(6-10(8-16)19-9)7-12-11(13(17)18)3-2-4-14-12/h2-4,9-10,16H,5-8H2,1H3,(H,17,18). The fourth-order valence-corrected chi connectivity index (χ4v) is 2.34. The SMILES string of the molecule is CC1CN(Cc2ncccc2C(=O)O)CC(CO)O1. The highest BCUT2D eigenvalue weighted by molar-refractivity contribution is 5.88. The zero-order valence-electron chi connectivity index (χ0n) is 10.8. The van der Waals surface area contributed by atoms with Gasteiger partial charge in [0.15, 0.2) is 0 Å². The fraction of sp³-hybridized carbons (Fsp3) is 0.538. The van der Waals surface area contributed by atoms with E-state index in [4.69, 9.17) is 9.84 Å². The van der Waals surface area contributed by atoms with E-state index in [0.29, 0.717) is 25.3 Å². The normalized spacial score (nSPS) is 24.3. The summed E-state index contributed by atoms with van der Waals surface area (Å²) in [5.74, 6) is -0.969. The molecule has 2 N–H and O–H groups in total. The van der Waals surface area contributed by atoms with Crippen LogP contribution in [-0.2, 0) is 11.3 Å². The summed E-state index contributed by atoms with van der Waals surface area (Å²) < 4.78 is 5.55. The van der Waals surface area contributed by atoms with Crippen LogP contribution in [0.15, 0.2) is 18.3 Å². The van der Waals surface area contributed by atoms with Crippen molar-refractivity contribution < 1.29 is 19.7 Å². The molecule has 0 bridgehead atoms. The van der Waals surface area contributed by atoms with Gasteiger partial charge >= 0.3 is 5.97 Å². The second-order valence-electron chi connectivity index (χ2n) is 4.75. The first-order valence-electron chi connectivity index (χ1n) is 6.26. The fourth-order valence-electron chi connectivity index (χ4n) is 2.34. The predicted molar refractivity (Wildman–Crippen MR) is 67.9 cm³/mol. The highest BCUT2D eigenvalue weighted by Crippen LogP contribution is 2.15. The van der Waals surface area contributed by atoms with Crippen LogP contribution >= 0.6 is 0 Å². The average Bonchev–Trinajstić information content (AvgIpc) is 2.38. The van der Waals surface area contributed by atoms with Crippen molar-refractivity contribution in [2.75, 3.05) is 19.7 Å². The number of morpholine rings is 1. The summed E-state index contributed by atoms with van der Waals surface area (Å²) in [5, 5.41) is 18.3. The van der Waals surface area contributed by atoms with E-state index in [1.807, 2.05) is 6.92 Å². The highest BCUT2D eigenvalue weighted by atomic mass is 16.5. The lowest BCUT2D eigenvalue weighted by atomic mass is 10.1. The molecular formula is C13H18N2O4. The zero-order chi connectivity index (χ0) is 13.8. The van der Waals surface area contributed by atoms with E-state index in [0.717, 1.165) is 0 Å². The van der Waals surface area contributed by atoms with Crippen molar-refractivity contribution in [1.29, 1.82) is 0 Å². The molecule has 0 amide bonds. The molecule has 2 rings (SSSR count). The highest BCUT2D eigenvalue weighted by Gasteiger charge is 2.26. The molecule has 0 aromatic carbocycles. The molecule has 1 aromatic heterocycles. The Morgan fingerprint density at radius 1 is 1.58 bits per heavy atom. The van der Waals surface area contributed by atoms with Gasteiger partial charge in [0.25, 0.3) is 0 Å². The third-order valence-corrected chi connectivity index (χ3v) is 3.10. The van der Waals surface area contributed by atoms with Crippen molar-refractivity contribution in [3.05, 3.63) is 29.6 Å². The lowest BCUT2D eigenvalue weighted by Gasteiger charge is -2.35. The second kappa shape index (κ2) is 6.10. The number of carboxylic acids is 1. The summed E-state index contributed by atoms with van der Waals surface area (Å²) in [6.45, 7) is 3.63. The number of rotatable bonds is 4. The van der Waals surface area contributed by atoms with Crippen molar-refractivity contribution in [2.45, 2.75) is 25.7 Å². The van der Waals surface area contributed by atoms with Crippen LogP contribution in [0.1, 0.15) is 23.0 Å². The van der Waals surface area contributed by atoms with Gasteiger partial charge in [-0.25, -0.2) is 4.79 Å². The Morgan fingerprint density at radius 2 is 2.37 bits per heavy atom. The maximum Gasteiger partial charge on any atom is 0.337 e. The first-order valence-corrected chi connectivity index (χ1v) is 6.26. The van der Waals surface area contributed by atoms with Crippen molar-refractivity contribution in [3.63, 3.8) is 0 Å². The summed E-state index contributed by atoms with van der Waals surface area (Å²) >= 11 is 0. The molecule has 0 spiro atoms. The van der Waals surface area contributed by atoms with Gasteiger partial charge < -0.3 is 14.9 Å². The van der Waals surface area contributed by atoms with Crippen LogP contribution in [0, 0.1) is 0 Å². The van der Waals surface area contributed by atoms with Crippen molar-refractivity contribution in [3.8, 4) is 0 Å². The van der Waals surface area contributed by atoms with E-state index in [9.17, 15) is 9.90 Å². The van der Waals surface area contributed by atoms with E-state index < -0.39 is 5.97 Å². The third kappa shape index (κ3) is 3.50. The minimum atomic E-state index is -0.969. The Bertz CT molecular complexity index is 452. The Balaban J connectivity index is 2.10. The van der Waals surface area contributed by atoms with Crippen LogP contribution in [-0.4, -0.2) is 58.0 Å².